The highest BCUT2D eigenvalue weighted by molar-refractivity contribution is 9.10. The highest BCUT2D eigenvalue weighted by Gasteiger charge is 2.55. The van der Waals surface area contributed by atoms with Gasteiger partial charge in [-0.2, -0.15) is 0 Å². The van der Waals surface area contributed by atoms with Gasteiger partial charge in [0.25, 0.3) is 5.91 Å². The number of nitrogens with zero attached hydrogens (tertiary/aromatic N) is 1. The van der Waals surface area contributed by atoms with Gasteiger partial charge < -0.3 is 5.32 Å². The van der Waals surface area contributed by atoms with Gasteiger partial charge in [0.05, 0.1) is 0 Å². The highest BCUT2D eigenvalue weighted by Crippen LogP contribution is 2.43. The minimum Gasteiger partial charge on any atom is -0.340 e. The van der Waals surface area contributed by atoms with Gasteiger partial charge in [-0.3, -0.25) is 14.5 Å². The molecule has 1 aromatic carbocycles. The third kappa shape index (κ3) is 2.18. The summed E-state index contributed by atoms with van der Waals surface area (Å²) in [6, 6.07) is 5.25. The number of carbonyl (C=O) groups is 2. The van der Waals surface area contributed by atoms with Crippen LogP contribution in [0.4, 0.5) is 5.69 Å². The summed E-state index contributed by atoms with van der Waals surface area (Å²) in [5, 5.41) is 2.95. The second kappa shape index (κ2) is 4.83. The average molecular weight is 351 g/mol. The molecule has 21 heavy (non-hydrogen) atoms. The van der Waals surface area contributed by atoms with Gasteiger partial charge in [-0.1, -0.05) is 22.0 Å². The van der Waals surface area contributed by atoms with E-state index in [4.69, 9.17) is 0 Å². The smallest absolute Gasteiger partial charge is 0.253 e. The van der Waals surface area contributed by atoms with Crippen molar-refractivity contribution in [2.75, 3.05) is 4.90 Å². The van der Waals surface area contributed by atoms with Gasteiger partial charge in [0.1, 0.15) is 11.6 Å². The van der Waals surface area contributed by atoms with Crippen molar-refractivity contribution < 1.29 is 9.59 Å². The number of anilines is 1. The van der Waals surface area contributed by atoms with Gasteiger partial charge >= 0.3 is 0 Å². The SMILES string of the molecule is Cc1c(Br)cccc1N1C(=O)C(C)(C2CC2)NC(=O)C1C. The van der Waals surface area contributed by atoms with Crippen LogP contribution in [0, 0.1) is 12.8 Å². The largest absolute Gasteiger partial charge is 0.340 e. The molecule has 0 radical (unpaired) electrons. The first-order valence-electron chi connectivity index (χ1n) is 7.27. The molecule has 1 saturated carbocycles. The molecule has 0 spiro atoms. The van der Waals surface area contributed by atoms with E-state index in [2.05, 4.69) is 21.2 Å². The average Bonchev–Trinajstić information content (AvgIpc) is 3.26. The zero-order chi connectivity index (χ0) is 15.4. The summed E-state index contributed by atoms with van der Waals surface area (Å²) >= 11 is 3.50. The normalized spacial score (nSPS) is 29.5. The molecule has 2 atom stereocenters. The quantitative estimate of drug-likeness (QED) is 0.891. The first-order chi connectivity index (χ1) is 9.86. The molecule has 0 bridgehead atoms. The number of hydrogen-bond donors (Lipinski definition) is 1. The van der Waals surface area contributed by atoms with Crippen LogP contribution in [0.25, 0.3) is 0 Å². The van der Waals surface area contributed by atoms with Gasteiger partial charge in [-0.05, 0) is 57.2 Å². The Morgan fingerprint density at radius 3 is 2.62 bits per heavy atom. The first kappa shape index (κ1) is 14.6. The molecule has 2 amide bonds. The third-order valence-electron chi connectivity index (χ3n) is 4.71. The monoisotopic (exact) mass is 350 g/mol. The van der Waals surface area contributed by atoms with Crippen LogP contribution >= 0.6 is 15.9 Å². The molecule has 1 N–H and O–H groups in total. The molecule has 4 nitrogen and oxygen atoms in total. The second-order valence-electron chi connectivity index (χ2n) is 6.20. The molecule has 2 aliphatic rings. The van der Waals surface area contributed by atoms with Crippen molar-refractivity contribution in [2.24, 2.45) is 5.92 Å². The maximum atomic E-state index is 13.0. The Hall–Kier alpha value is -1.36. The predicted octanol–water partition coefficient (Wildman–Crippen LogP) is 2.78. The highest BCUT2D eigenvalue weighted by atomic mass is 79.9. The Labute approximate surface area is 133 Å². The van der Waals surface area contributed by atoms with Crippen molar-refractivity contribution in [2.45, 2.75) is 45.2 Å². The molecule has 1 aliphatic carbocycles. The Balaban J connectivity index is 2.08. The van der Waals surface area contributed by atoms with Crippen LogP contribution in [0.2, 0.25) is 0 Å². The Morgan fingerprint density at radius 2 is 2.00 bits per heavy atom. The first-order valence-corrected chi connectivity index (χ1v) is 8.06. The van der Waals surface area contributed by atoms with E-state index in [9.17, 15) is 9.59 Å². The van der Waals surface area contributed by atoms with Crippen molar-refractivity contribution in [3.05, 3.63) is 28.2 Å². The van der Waals surface area contributed by atoms with E-state index in [1.54, 1.807) is 11.8 Å². The molecule has 2 unspecified atom stereocenters. The molecule has 1 heterocycles. The summed E-state index contributed by atoms with van der Waals surface area (Å²) in [5.41, 5.74) is 1.02. The van der Waals surface area contributed by atoms with E-state index < -0.39 is 11.6 Å². The van der Waals surface area contributed by atoms with Crippen LogP contribution in [-0.4, -0.2) is 23.4 Å². The lowest BCUT2D eigenvalue weighted by atomic mass is 9.89. The second-order valence-corrected chi connectivity index (χ2v) is 7.06. The minimum atomic E-state index is -0.766. The van der Waals surface area contributed by atoms with Gasteiger partial charge in [-0.25, -0.2) is 0 Å². The number of nitrogens with one attached hydrogen (secondary N) is 1. The molecule has 5 heteroatoms. The molecule has 1 aromatic rings. The van der Waals surface area contributed by atoms with Crippen molar-refractivity contribution in [3.63, 3.8) is 0 Å². The number of benzene rings is 1. The fourth-order valence-corrected chi connectivity index (χ4v) is 3.43. The summed E-state index contributed by atoms with van der Waals surface area (Å²) in [6.07, 6.45) is 2.00. The molecule has 1 saturated heterocycles. The van der Waals surface area contributed by atoms with Crippen LogP contribution in [0.3, 0.4) is 0 Å². The van der Waals surface area contributed by atoms with Crippen molar-refractivity contribution in [1.82, 2.24) is 5.32 Å². The molecular weight excluding hydrogens is 332 g/mol. The van der Waals surface area contributed by atoms with Crippen LogP contribution in [0.5, 0.6) is 0 Å². The number of piperazine rings is 1. The Bertz CT molecular complexity index is 627. The lowest BCUT2D eigenvalue weighted by Gasteiger charge is -2.44. The molecule has 112 valence electrons. The summed E-state index contributed by atoms with van der Waals surface area (Å²) in [4.78, 5) is 27.1. The maximum Gasteiger partial charge on any atom is 0.253 e. The van der Waals surface area contributed by atoms with E-state index >= 15 is 0 Å². The number of carbonyl (C=O) groups excluding carboxylic acids is 2. The topological polar surface area (TPSA) is 49.4 Å². The lowest BCUT2D eigenvalue weighted by Crippen LogP contribution is -2.70. The predicted molar refractivity (Wildman–Crippen MR) is 85.1 cm³/mol. The van der Waals surface area contributed by atoms with Crippen LogP contribution in [0.15, 0.2) is 22.7 Å². The summed E-state index contributed by atoms with van der Waals surface area (Å²) in [6.45, 7) is 5.59. The molecule has 3 rings (SSSR count). The van der Waals surface area contributed by atoms with Gasteiger partial charge in [-0.15, -0.1) is 0 Å². The van der Waals surface area contributed by atoms with Gasteiger partial charge in [0.15, 0.2) is 0 Å². The van der Waals surface area contributed by atoms with E-state index in [0.717, 1.165) is 28.6 Å². The zero-order valence-electron chi connectivity index (χ0n) is 12.4. The van der Waals surface area contributed by atoms with E-state index in [1.165, 1.54) is 0 Å². The van der Waals surface area contributed by atoms with Crippen molar-refractivity contribution in [3.8, 4) is 0 Å². The van der Waals surface area contributed by atoms with E-state index in [1.807, 2.05) is 32.0 Å². The minimum absolute atomic E-state index is 0.00157. The fraction of sp³-hybridized carbons (Fsp3) is 0.500. The number of rotatable bonds is 2. The molecule has 0 aromatic heterocycles. The number of hydrogen-bond acceptors (Lipinski definition) is 2. The van der Waals surface area contributed by atoms with Gasteiger partial charge in [0, 0.05) is 10.2 Å². The zero-order valence-corrected chi connectivity index (χ0v) is 14.0. The fourth-order valence-electron chi connectivity index (χ4n) is 3.07. The number of halogens is 1. The third-order valence-corrected chi connectivity index (χ3v) is 5.56. The molecule has 2 fully saturated rings. The van der Waals surface area contributed by atoms with Crippen molar-refractivity contribution in [1.29, 1.82) is 0 Å². The standard InChI is InChI=1S/C16H19BrN2O2/c1-9-12(17)5-4-6-13(9)19-10(2)14(20)18-16(3,15(19)21)11-7-8-11/h4-6,10-11H,7-8H2,1-3H3,(H,18,20). The van der Waals surface area contributed by atoms with Gasteiger partial charge in [0.2, 0.25) is 5.91 Å². The van der Waals surface area contributed by atoms with Crippen LogP contribution in [0.1, 0.15) is 32.3 Å². The van der Waals surface area contributed by atoms with Crippen molar-refractivity contribution >= 4 is 33.4 Å². The summed E-state index contributed by atoms with van der Waals surface area (Å²) in [7, 11) is 0. The van der Waals surface area contributed by atoms with E-state index in [-0.39, 0.29) is 17.7 Å². The Kier molecular flexibility index (Phi) is 3.35. The maximum absolute atomic E-state index is 13.0. The van der Waals surface area contributed by atoms with Crippen LogP contribution < -0.4 is 10.2 Å². The summed E-state index contributed by atoms with van der Waals surface area (Å²) in [5.74, 6) is 0.179. The molecule has 1 aliphatic heterocycles. The molecular formula is C16H19BrN2O2. The number of amides is 2. The lowest BCUT2D eigenvalue weighted by molar-refractivity contribution is -0.138. The van der Waals surface area contributed by atoms with E-state index in [0.29, 0.717) is 0 Å². The van der Waals surface area contributed by atoms with Crippen LogP contribution in [-0.2, 0) is 9.59 Å². The Morgan fingerprint density at radius 1 is 1.33 bits per heavy atom. The summed E-state index contributed by atoms with van der Waals surface area (Å²) < 4.78 is 0.944.